The van der Waals surface area contributed by atoms with Crippen LogP contribution in [0.4, 0.5) is 0 Å². The van der Waals surface area contributed by atoms with E-state index in [1.807, 2.05) is 11.9 Å². The Morgan fingerprint density at radius 1 is 1.46 bits per heavy atom. The van der Waals surface area contributed by atoms with E-state index >= 15 is 0 Å². The first-order chi connectivity index (χ1) is 6.24. The normalized spacial score (nSPS) is 8.54. The maximum Gasteiger partial charge on any atom is 0.129 e. The zero-order chi connectivity index (χ0) is 10.1. The largest absolute Gasteiger partial charge is 0.377 e. The van der Waals surface area contributed by atoms with Gasteiger partial charge in [-0.15, -0.1) is 6.58 Å². The molecule has 0 aliphatic rings. The highest BCUT2D eigenvalue weighted by atomic mass is 15.1. The van der Waals surface area contributed by atoms with E-state index in [1.54, 1.807) is 30.5 Å². The Morgan fingerprint density at radius 3 is 2.54 bits per heavy atom. The number of rotatable bonds is 4. The third kappa shape index (κ3) is 5.29. The highest BCUT2D eigenvalue weighted by Gasteiger charge is 1.87. The predicted octanol–water partition coefficient (Wildman–Crippen LogP) is 1.59. The molecule has 0 N–H and O–H groups in total. The molecule has 0 radical (unpaired) electrons. The Bertz CT molecular complexity index is 283. The number of likely N-dealkylation sites (N-methyl/N-ethyl adjacent to an activating group) is 1. The molecule has 0 saturated heterocycles. The minimum Gasteiger partial charge on any atom is -0.377 e. The first kappa shape index (κ1) is 11.0. The van der Waals surface area contributed by atoms with Gasteiger partial charge < -0.3 is 4.90 Å². The van der Waals surface area contributed by atoms with Crippen LogP contribution >= 0.6 is 0 Å². The molecule has 0 unspecified atom stereocenters. The van der Waals surface area contributed by atoms with Crippen molar-refractivity contribution in [1.82, 2.24) is 4.90 Å². The summed E-state index contributed by atoms with van der Waals surface area (Å²) in [5.74, 6) is 0. The van der Waals surface area contributed by atoms with Crippen LogP contribution in [0.2, 0.25) is 0 Å². The topological polar surface area (TPSA) is 50.8 Å². The molecule has 0 rings (SSSR count). The lowest BCUT2D eigenvalue weighted by Gasteiger charge is -2.08. The van der Waals surface area contributed by atoms with Crippen molar-refractivity contribution in [3.8, 4) is 12.1 Å². The SMILES string of the molecule is C=CCN(C)C=CC=C(C#N)C#N. The monoisotopic (exact) mass is 173 g/mol. The molecule has 0 saturated carbocycles. The van der Waals surface area contributed by atoms with Crippen LogP contribution in [0.1, 0.15) is 0 Å². The van der Waals surface area contributed by atoms with Gasteiger partial charge in [0.25, 0.3) is 0 Å². The Morgan fingerprint density at radius 2 is 2.08 bits per heavy atom. The minimum absolute atomic E-state index is 0.100. The van der Waals surface area contributed by atoms with E-state index < -0.39 is 0 Å². The number of nitriles is 2. The van der Waals surface area contributed by atoms with Crippen molar-refractivity contribution in [2.45, 2.75) is 0 Å². The summed E-state index contributed by atoms with van der Waals surface area (Å²) < 4.78 is 0. The molecule has 0 fully saturated rings. The predicted molar refractivity (Wildman–Crippen MR) is 51.3 cm³/mol. The lowest BCUT2D eigenvalue weighted by Crippen LogP contribution is -2.08. The Labute approximate surface area is 78.5 Å². The van der Waals surface area contributed by atoms with Gasteiger partial charge in [0.1, 0.15) is 17.7 Å². The summed E-state index contributed by atoms with van der Waals surface area (Å²) in [6.07, 6.45) is 6.67. The van der Waals surface area contributed by atoms with Gasteiger partial charge in [0.05, 0.1) is 0 Å². The van der Waals surface area contributed by atoms with Crippen LogP contribution in [-0.2, 0) is 0 Å². The van der Waals surface area contributed by atoms with Gasteiger partial charge >= 0.3 is 0 Å². The Balaban J connectivity index is 4.16. The van der Waals surface area contributed by atoms with Gasteiger partial charge in [0, 0.05) is 13.6 Å². The van der Waals surface area contributed by atoms with Gasteiger partial charge in [0.15, 0.2) is 0 Å². The fourth-order valence-corrected chi connectivity index (χ4v) is 0.650. The summed E-state index contributed by atoms with van der Waals surface area (Å²) in [6.45, 7) is 4.32. The fraction of sp³-hybridized carbons (Fsp3) is 0.200. The second kappa shape index (κ2) is 6.69. The van der Waals surface area contributed by atoms with Crippen LogP contribution in [0.3, 0.4) is 0 Å². The van der Waals surface area contributed by atoms with Crippen LogP contribution in [0.25, 0.3) is 0 Å². The molecule has 0 aromatic carbocycles. The van der Waals surface area contributed by atoms with E-state index in [0.717, 1.165) is 6.54 Å². The molecule has 0 bridgehead atoms. The van der Waals surface area contributed by atoms with Gasteiger partial charge in [-0.05, 0) is 18.4 Å². The maximum absolute atomic E-state index is 8.39. The molecule has 0 aromatic heterocycles. The highest BCUT2D eigenvalue weighted by molar-refractivity contribution is 5.37. The van der Waals surface area contributed by atoms with Gasteiger partial charge in [-0.1, -0.05) is 6.08 Å². The zero-order valence-corrected chi connectivity index (χ0v) is 7.57. The number of hydrogen-bond donors (Lipinski definition) is 0. The molecular weight excluding hydrogens is 162 g/mol. The molecule has 0 aliphatic heterocycles. The number of allylic oxidation sites excluding steroid dienone is 3. The van der Waals surface area contributed by atoms with E-state index in [4.69, 9.17) is 10.5 Å². The Hall–Kier alpha value is -2.00. The molecular formula is C10H11N3. The van der Waals surface area contributed by atoms with Crippen LogP contribution in [0.5, 0.6) is 0 Å². The third-order valence-corrected chi connectivity index (χ3v) is 1.26. The van der Waals surface area contributed by atoms with Gasteiger partial charge in [-0.3, -0.25) is 0 Å². The average Bonchev–Trinajstić information content (AvgIpc) is 2.13. The van der Waals surface area contributed by atoms with Crippen molar-refractivity contribution >= 4 is 0 Å². The second-order valence-corrected chi connectivity index (χ2v) is 2.37. The molecule has 0 spiro atoms. The third-order valence-electron chi connectivity index (χ3n) is 1.26. The van der Waals surface area contributed by atoms with Gasteiger partial charge in [-0.25, -0.2) is 0 Å². The van der Waals surface area contributed by atoms with Crippen molar-refractivity contribution in [1.29, 1.82) is 10.5 Å². The number of nitrogens with zero attached hydrogens (tertiary/aromatic N) is 3. The highest BCUT2D eigenvalue weighted by Crippen LogP contribution is 1.91. The standard InChI is InChI=1S/C10H11N3/c1-3-6-13(2)7-4-5-10(8-11)9-12/h3-5,7H,1,6H2,2H3. The summed E-state index contributed by atoms with van der Waals surface area (Å²) in [7, 11) is 1.88. The molecule has 0 aromatic rings. The van der Waals surface area contributed by atoms with Crippen molar-refractivity contribution in [2.24, 2.45) is 0 Å². The van der Waals surface area contributed by atoms with Crippen molar-refractivity contribution in [2.75, 3.05) is 13.6 Å². The van der Waals surface area contributed by atoms with Crippen molar-refractivity contribution in [3.05, 3.63) is 36.6 Å². The lowest BCUT2D eigenvalue weighted by atomic mass is 10.3. The molecule has 0 heterocycles. The average molecular weight is 173 g/mol. The first-order valence-corrected chi connectivity index (χ1v) is 3.74. The zero-order valence-electron chi connectivity index (χ0n) is 7.57. The smallest absolute Gasteiger partial charge is 0.129 e. The minimum atomic E-state index is 0.100. The second-order valence-electron chi connectivity index (χ2n) is 2.37. The summed E-state index contributed by atoms with van der Waals surface area (Å²) in [5.41, 5.74) is 0.100. The van der Waals surface area contributed by atoms with E-state index in [2.05, 4.69) is 6.58 Å². The molecule has 3 heteroatoms. The Kier molecular flexibility index (Phi) is 5.66. The summed E-state index contributed by atoms with van der Waals surface area (Å²) in [6, 6.07) is 3.54. The summed E-state index contributed by atoms with van der Waals surface area (Å²) >= 11 is 0. The summed E-state index contributed by atoms with van der Waals surface area (Å²) in [5, 5.41) is 16.8. The fourth-order valence-electron chi connectivity index (χ4n) is 0.650. The first-order valence-electron chi connectivity index (χ1n) is 3.74. The molecule has 66 valence electrons. The van der Waals surface area contributed by atoms with Crippen LogP contribution in [0, 0.1) is 22.7 Å². The number of hydrogen-bond acceptors (Lipinski definition) is 3. The van der Waals surface area contributed by atoms with E-state index in [0.29, 0.717) is 0 Å². The van der Waals surface area contributed by atoms with Crippen LogP contribution in [0.15, 0.2) is 36.6 Å². The van der Waals surface area contributed by atoms with Gasteiger partial charge in [0.2, 0.25) is 0 Å². The van der Waals surface area contributed by atoms with E-state index in [-0.39, 0.29) is 5.57 Å². The van der Waals surface area contributed by atoms with Crippen molar-refractivity contribution < 1.29 is 0 Å². The molecule has 0 aliphatic carbocycles. The quantitative estimate of drug-likeness (QED) is 0.368. The molecule has 3 nitrogen and oxygen atoms in total. The van der Waals surface area contributed by atoms with Crippen LogP contribution in [-0.4, -0.2) is 18.5 Å². The molecule has 13 heavy (non-hydrogen) atoms. The molecule has 0 atom stereocenters. The summed E-state index contributed by atoms with van der Waals surface area (Å²) in [4.78, 5) is 1.88. The van der Waals surface area contributed by atoms with Crippen molar-refractivity contribution in [3.63, 3.8) is 0 Å². The lowest BCUT2D eigenvalue weighted by molar-refractivity contribution is 0.510. The van der Waals surface area contributed by atoms with E-state index in [1.165, 1.54) is 6.08 Å². The van der Waals surface area contributed by atoms with Crippen LogP contribution < -0.4 is 0 Å². The maximum atomic E-state index is 8.39. The van der Waals surface area contributed by atoms with E-state index in [9.17, 15) is 0 Å². The molecule has 0 amide bonds. The van der Waals surface area contributed by atoms with Gasteiger partial charge in [-0.2, -0.15) is 10.5 Å².